The van der Waals surface area contributed by atoms with Crippen molar-refractivity contribution in [3.8, 4) is 0 Å². The fourth-order valence-electron chi connectivity index (χ4n) is 7.92. The van der Waals surface area contributed by atoms with E-state index in [-0.39, 0.29) is 59.5 Å². The molecule has 0 bridgehead atoms. The lowest BCUT2D eigenvalue weighted by Crippen LogP contribution is -2.61. The van der Waals surface area contributed by atoms with Crippen LogP contribution in [-0.2, 0) is 77.5 Å². The molecule has 6 aromatic rings. The van der Waals surface area contributed by atoms with Crippen LogP contribution >= 0.6 is 0 Å². The van der Waals surface area contributed by atoms with E-state index in [0.29, 0.717) is 0 Å². The van der Waals surface area contributed by atoms with E-state index in [0.717, 1.165) is 33.4 Å². The Morgan fingerprint density at radius 1 is 0.507 bits per heavy atom. The maximum atomic E-state index is 12.0. The van der Waals surface area contributed by atoms with Gasteiger partial charge in [0.25, 0.3) is 0 Å². The zero-order chi connectivity index (χ0) is 47.7. The highest BCUT2D eigenvalue weighted by Gasteiger charge is 2.49. The lowest BCUT2D eigenvalue weighted by atomic mass is 9.96. The van der Waals surface area contributed by atoms with Gasteiger partial charge in [0.05, 0.1) is 77.7 Å². The molecule has 1 fully saturated rings. The summed E-state index contributed by atoms with van der Waals surface area (Å²) in [6.45, 7) is 0.742. The predicted octanol–water partition coefficient (Wildman–Crippen LogP) is 10.2. The van der Waals surface area contributed by atoms with Crippen molar-refractivity contribution in [2.24, 2.45) is 10.2 Å². The van der Waals surface area contributed by atoms with Gasteiger partial charge in [-0.3, -0.25) is 0 Å². The Balaban J connectivity index is 1.27. The van der Waals surface area contributed by atoms with Crippen LogP contribution < -0.4 is 0 Å². The maximum Gasteiger partial charge on any atom is 0.169 e. The fraction of sp³-hybridized carbons (Fsp3) is 0.333. The highest BCUT2D eigenvalue weighted by Crippen LogP contribution is 2.32. The molecule has 0 aliphatic carbocycles. The molecule has 1 saturated heterocycles. The van der Waals surface area contributed by atoms with E-state index in [4.69, 9.17) is 37.9 Å². The molecule has 1 aliphatic rings. The van der Waals surface area contributed by atoms with Gasteiger partial charge in [0.1, 0.15) is 30.5 Å². The van der Waals surface area contributed by atoms with Crippen LogP contribution in [0.1, 0.15) is 33.4 Å². The molecular formula is C54H58N6O9. The topological polar surface area (TPSA) is 192 Å². The third kappa shape index (κ3) is 16.1. The first-order valence-electron chi connectivity index (χ1n) is 23.0. The number of aliphatic hydroxyl groups is 1. The molecule has 0 saturated carbocycles. The Hall–Kier alpha value is -6.42. The summed E-state index contributed by atoms with van der Waals surface area (Å²) in [5.41, 5.74) is 25.5. The number of ether oxygens (including phenoxy) is 8. The average molecular weight is 935 g/mol. The van der Waals surface area contributed by atoms with E-state index in [1.54, 1.807) is 0 Å². The molecule has 69 heavy (non-hydrogen) atoms. The van der Waals surface area contributed by atoms with E-state index in [1.165, 1.54) is 0 Å². The molecule has 9 atom stereocenters. The van der Waals surface area contributed by atoms with Crippen molar-refractivity contribution in [2.45, 2.75) is 94.6 Å². The second-order valence-electron chi connectivity index (χ2n) is 16.5. The van der Waals surface area contributed by atoms with E-state index >= 15 is 0 Å². The van der Waals surface area contributed by atoms with Gasteiger partial charge in [0.15, 0.2) is 6.29 Å². The maximum absolute atomic E-state index is 12.0. The zero-order valence-corrected chi connectivity index (χ0v) is 38.3. The SMILES string of the molecule is [N-]=[N+]=N[C@H]1[C@H](O[C@H](COCc2ccccc2)[C@@H](OCc2ccccc2)[C@H](OCc2ccccc2)[C@@H](COCc2ccccc2)N=[N+]=[N-])O[C@H](COCc2ccccc2)[C@@H](O)[C@@H]1OCc1ccccc1. The number of hydrogen-bond acceptors (Lipinski definition) is 11. The first-order valence-corrected chi connectivity index (χ1v) is 23.0. The quantitative estimate of drug-likeness (QED) is 0.0283. The molecule has 0 spiro atoms. The van der Waals surface area contributed by atoms with Crippen LogP contribution in [0.15, 0.2) is 192 Å². The largest absolute Gasteiger partial charge is 0.388 e. The summed E-state index contributed by atoms with van der Waals surface area (Å²) in [6.07, 6.45) is -7.98. The summed E-state index contributed by atoms with van der Waals surface area (Å²) in [7, 11) is 0. The van der Waals surface area contributed by atoms with Crippen molar-refractivity contribution >= 4 is 0 Å². The van der Waals surface area contributed by atoms with Crippen molar-refractivity contribution < 1.29 is 43.0 Å². The van der Waals surface area contributed by atoms with Crippen molar-refractivity contribution in [2.75, 3.05) is 19.8 Å². The Kier molecular flexibility index (Phi) is 20.6. The van der Waals surface area contributed by atoms with Gasteiger partial charge in [0, 0.05) is 9.82 Å². The van der Waals surface area contributed by atoms with Crippen LogP contribution in [0.3, 0.4) is 0 Å². The van der Waals surface area contributed by atoms with Crippen LogP contribution in [0.5, 0.6) is 0 Å². The van der Waals surface area contributed by atoms with Gasteiger partial charge in [-0.2, -0.15) is 0 Å². The molecule has 1 aliphatic heterocycles. The predicted molar refractivity (Wildman–Crippen MR) is 259 cm³/mol. The number of rotatable bonds is 28. The number of nitrogens with zero attached hydrogens (tertiary/aromatic N) is 6. The van der Waals surface area contributed by atoms with Crippen LogP contribution in [-0.4, -0.2) is 79.9 Å². The smallest absolute Gasteiger partial charge is 0.169 e. The summed E-state index contributed by atoms with van der Waals surface area (Å²) in [5, 5.41) is 20.4. The Labute approximate surface area is 402 Å². The number of aliphatic hydroxyl groups excluding tert-OH is 1. The van der Waals surface area contributed by atoms with Crippen LogP contribution in [0.4, 0.5) is 0 Å². The van der Waals surface area contributed by atoms with Gasteiger partial charge >= 0.3 is 0 Å². The van der Waals surface area contributed by atoms with Crippen molar-refractivity contribution in [1.82, 2.24) is 0 Å². The average Bonchev–Trinajstić information content (AvgIpc) is 3.39. The second kappa shape index (κ2) is 28.2. The van der Waals surface area contributed by atoms with E-state index in [2.05, 4.69) is 20.1 Å². The number of hydrogen-bond donors (Lipinski definition) is 1. The van der Waals surface area contributed by atoms with E-state index in [1.807, 2.05) is 182 Å². The molecule has 6 aromatic carbocycles. The van der Waals surface area contributed by atoms with Crippen LogP contribution in [0, 0.1) is 0 Å². The first kappa shape index (κ1) is 50.5. The minimum Gasteiger partial charge on any atom is -0.388 e. The number of azide groups is 2. The van der Waals surface area contributed by atoms with Gasteiger partial charge in [-0.15, -0.1) is 0 Å². The zero-order valence-electron chi connectivity index (χ0n) is 38.3. The summed E-state index contributed by atoms with van der Waals surface area (Å²) < 4.78 is 52.8. The third-order valence-electron chi connectivity index (χ3n) is 11.4. The molecule has 1 heterocycles. The Bertz CT molecular complexity index is 2440. The molecule has 0 amide bonds. The second-order valence-corrected chi connectivity index (χ2v) is 16.5. The first-order chi connectivity index (χ1) is 34.1. The summed E-state index contributed by atoms with van der Waals surface area (Å²) in [6, 6.07) is 55.5. The minimum absolute atomic E-state index is 0.0507. The van der Waals surface area contributed by atoms with Crippen LogP contribution in [0.2, 0.25) is 0 Å². The number of benzene rings is 6. The molecule has 0 unspecified atom stereocenters. The van der Waals surface area contributed by atoms with Gasteiger partial charge < -0.3 is 43.0 Å². The normalized spacial score (nSPS) is 19.6. The summed E-state index contributed by atoms with van der Waals surface area (Å²) in [4.78, 5) is 6.47. The molecular weight excluding hydrogens is 877 g/mol. The van der Waals surface area contributed by atoms with E-state index < -0.39 is 55.0 Å². The fourth-order valence-corrected chi connectivity index (χ4v) is 7.92. The van der Waals surface area contributed by atoms with Crippen molar-refractivity contribution in [1.29, 1.82) is 0 Å². The lowest BCUT2D eigenvalue weighted by molar-refractivity contribution is -0.304. The summed E-state index contributed by atoms with van der Waals surface area (Å²) in [5.74, 6) is 0. The molecule has 0 aromatic heterocycles. The molecule has 7 rings (SSSR count). The van der Waals surface area contributed by atoms with Gasteiger partial charge in [0.2, 0.25) is 0 Å². The van der Waals surface area contributed by atoms with Gasteiger partial charge in [-0.05, 0) is 44.4 Å². The Morgan fingerprint density at radius 3 is 1.39 bits per heavy atom. The minimum atomic E-state index is -1.36. The summed E-state index contributed by atoms with van der Waals surface area (Å²) >= 11 is 0. The van der Waals surface area contributed by atoms with Crippen molar-refractivity contribution in [3.63, 3.8) is 0 Å². The van der Waals surface area contributed by atoms with E-state index in [9.17, 15) is 16.2 Å². The molecule has 0 radical (unpaired) electrons. The highest BCUT2D eigenvalue weighted by molar-refractivity contribution is 5.18. The Morgan fingerprint density at radius 2 is 0.928 bits per heavy atom. The molecule has 15 nitrogen and oxygen atoms in total. The molecule has 358 valence electrons. The lowest BCUT2D eigenvalue weighted by Gasteiger charge is -2.45. The van der Waals surface area contributed by atoms with Crippen molar-refractivity contribution in [3.05, 3.63) is 236 Å². The van der Waals surface area contributed by atoms with Crippen LogP contribution in [0.25, 0.3) is 20.9 Å². The molecule has 1 N–H and O–H groups in total. The third-order valence-corrected chi connectivity index (χ3v) is 11.4. The highest BCUT2D eigenvalue weighted by atomic mass is 16.7. The van der Waals surface area contributed by atoms with Gasteiger partial charge in [-0.1, -0.05) is 192 Å². The monoisotopic (exact) mass is 934 g/mol. The standard InChI is InChI=1S/C54H58N6O9/c55-59-57-46(37-62-31-40-19-7-1-8-20-40)51(65-34-43-25-13-4-14-26-43)52(66-35-44-27-15-5-16-28-44)48(39-64-33-42-23-11-3-12-24-42)69-54-49(58-60-56)53(67-36-45-29-17-6-18-30-45)50(61)47(68-54)38-63-32-41-21-9-2-10-22-41/h1-30,46-54,61H,31-39H2/t46-,47-,48-,49-,50-,51-,52-,53-,54+/m1/s1. The van der Waals surface area contributed by atoms with Gasteiger partial charge in [-0.25, -0.2) is 0 Å². The molecule has 15 heteroatoms.